The minimum Gasteiger partial charge on any atom is -0.352 e. The van der Waals surface area contributed by atoms with Gasteiger partial charge in [0.15, 0.2) is 0 Å². The Morgan fingerprint density at radius 2 is 2.39 bits per heavy atom. The molecule has 3 rings (SSSR count). The maximum Gasteiger partial charge on any atom is 0.211 e. The van der Waals surface area contributed by atoms with Crippen molar-refractivity contribution in [1.82, 2.24) is 14.5 Å². The van der Waals surface area contributed by atoms with Gasteiger partial charge in [-0.25, -0.2) is 13.4 Å². The molecule has 6 nitrogen and oxygen atoms in total. The topological polar surface area (TPSA) is 65.0 Å². The van der Waals surface area contributed by atoms with Gasteiger partial charge in [0, 0.05) is 31.8 Å². The summed E-state index contributed by atoms with van der Waals surface area (Å²) in [6.45, 7) is 2.17. The van der Waals surface area contributed by atoms with E-state index in [1.165, 1.54) is 12.0 Å². The SMILES string of the molecule is CS(=O)(=O)N1CCCC1CN1CNC2=C1CC=N2. The second-order valence-corrected chi connectivity index (χ2v) is 6.97. The lowest BCUT2D eigenvalue weighted by atomic mass is 10.2. The Bertz CT molecular complexity index is 511. The summed E-state index contributed by atoms with van der Waals surface area (Å²) in [6, 6.07) is 0.106. The van der Waals surface area contributed by atoms with Crippen LogP contribution in [-0.2, 0) is 10.0 Å². The van der Waals surface area contributed by atoms with Crippen molar-refractivity contribution in [3.63, 3.8) is 0 Å². The number of nitrogens with zero attached hydrogens (tertiary/aromatic N) is 3. The molecule has 1 saturated heterocycles. The van der Waals surface area contributed by atoms with Gasteiger partial charge >= 0.3 is 0 Å². The number of hydrogen-bond donors (Lipinski definition) is 1. The molecule has 100 valence electrons. The Hall–Kier alpha value is -1.08. The molecule has 1 unspecified atom stereocenters. The van der Waals surface area contributed by atoms with Crippen molar-refractivity contribution in [2.45, 2.75) is 25.3 Å². The number of hydrogen-bond acceptors (Lipinski definition) is 5. The first-order valence-electron chi connectivity index (χ1n) is 6.27. The fourth-order valence-electron chi connectivity index (χ4n) is 2.94. The highest BCUT2D eigenvalue weighted by atomic mass is 32.2. The Balaban J connectivity index is 1.70. The fourth-order valence-corrected chi connectivity index (χ4v) is 4.12. The Kier molecular flexibility index (Phi) is 2.82. The number of rotatable bonds is 3. The summed E-state index contributed by atoms with van der Waals surface area (Å²) in [7, 11) is -3.08. The first kappa shape index (κ1) is 12.0. The highest BCUT2D eigenvalue weighted by molar-refractivity contribution is 7.88. The van der Waals surface area contributed by atoms with Gasteiger partial charge < -0.3 is 10.2 Å². The Morgan fingerprint density at radius 1 is 1.56 bits per heavy atom. The quantitative estimate of drug-likeness (QED) is 0.779. The molecule has 0 bridgehead atoms. The summed E-state index contributed by atoms with van der Waals surface area (Å²) >= 11 is 0. The normalized spacial score (nSPS) is 28.1. The number of sulfonamides is 1. The summed E-state index contributed by atoms with van der Waals surface area (Å²) in [5.74, 6) is 0.957. The second kappa shape index (κ2) is 4.24. The molecule has 3 heterocycles. The molecule has 1 atom stereocenters. The van der Waals surface area contributed by atoms with E-state index in [1.807, 2.05) is 6.21 Å². The molecule has 0 aromatic carbocycles. The van der Waals surface area contributed by atoms with Crippen LogP contribution in [0, 0.1) is 0 Å². The van der Waals surface area contributed by atoms with Crippen molar-refractivity contribution in [2.75, 3.05) is 26.0 Å². The van der Waals surface area contributed by atoms with Crippen molar-refractivity contribution in [3.05, 3.63) is 11.5 Å². The maximum atomic E-state index is 11.7. The number of allylic oxidation sites excluding steroid dienone is 1. The Labute approximate surface area is 107 Å². The molecule has 18 heavy (non-hydrogen) atoms. The van der Waals surface area contributed by atoms with Crippen molar-refractivity contribution in [3.8, 4) is 0 Å². The molecule has 3 aliphatic rings. The van der Waals surface area contributed by atoms with Gasteiger partial charge in [0.1, 0.15) is 5.82 Å². The zero-order valence-corrected chi connectivity index (χ0v) is 11.3. The molecule has 0 spiro atoms. The van der Waals surface area contributed by atoms with Crippen LogP contribution in [0.2, 0.25) is 0 Å². The van der Waals surface area contributed by atoms with Crippen LogP contribution in [0.5, 0.6) is 0 Å². The van der Waals surface area contributed by atoms with Crippen LogP contribution in [0.4, 0.5) is 0 Å². The second-order valence-electron chi connectivity index (χ2n) is 5.04. The van der Waals surface area contributed by atoms with E-state index in [1.54, 1.807) is 4.31 Å². The predicted molar refractivity (Wildman–Crippen MR) is 69.4 cm³/mol. The van der Waals surface area contributed by atoms with Crippen LogP contribution in [0.15, 0.2) is 16.5 Å². The molecule has 0 radical (unpaired) electrons. The van der Waals surface area contributed by atoms with E-state index < -0.39 is 10.0 Å². The maximum absolute atomic E-state index is 11.7. The van der Waals surface area contributed by atoms with Gasteiger partial charge in [-0.1, -0.05) is 0 Å². The highest BCUT2D eigenvalue weighted by Gasteiger charge is 2.34. The molecule has 0 amide bonds. The molecule has 1 N–H and O–H groups in total. The molecular weight excluding hydrogens is 252 g/mol. The van der Waals surface area contributed by atoms with Gasteiger partial charge in [-0.15, -0.1) is 0 Å². The average Bonchev–Trinajstić information content (AvgIpc) is 2.95. The third-order valence-corrected chi connectivity index (χ3v) is 5.11. The number of nitrogens with one attached hydrogen (secondary N) is 1. The van der Waals surface area contributed by atoms with E-state index in [0.29, 0.717) is 6.54 Å². The smallest absolute Gasteiger partial charge is 0.211 e. The zero-order valence-electron chi connectivity index (χ0n) is 10.5. The summed E-state index contributed by atoms with van der Waals surface area (Å²) in [4.78, 5) is 6.48. The van der Waals surface area contributed by atoms with E-state index in [-0.39, 0.29) is 6.04 Å². The standard InChI is InChI=1S/C11H18N4O2S/c1-18(16,17)15-6-2-3-9(15)7-14-8-13-11-10(14)4-5-12-11/h5,9,13H,2-4,6-8H2,1H3. The summed E-state index contributed by atoms with van der Waals surface area (Å²) in [6.07, 6.45) is 5.96. The summed E-state index contributed by atoms with van der Waals surface area (Å²) in [5, 5.41) is 3.24. The lowest BCUT2D eigenvalue weighted by Crippen LogP contribution is -2.42. The van der Waals surface area contributed by atoms with E-state index in [4.69, 9.17) is 0 Å². The Morgan fingerprint density at radius 3 is 3.17 bits per heavy atom. The lowest BCUT2D eigenvalue weighted by Gasteiger charge is -2.28. The number of aliphatic imine (C=N–C) groups is 1. The van der Waals surface area contributed by atoms with Crippen LogP contribution in [-0.4, -0.2) is 55.9 Å². The molecule has 0 saturated carbocycles. The van der Waals surface area contributed by atoms with Gasteiger partial charge in [-0.3, -0.25) is 0 Å². The predicted octanol–water partition coefficient (Wildman–Crippen LogP) is -0.0833. The van der Waals surface area contributed by atoms with Crippen LogP contribution < -0.4 is 5.32 Å². The van der Waals surface area contributed by atoms with E-state index in [2.05, 4.69) is 15.2 Å². The summed E-state index contributed by atoms with van der Waals surface area (Å²) < 4.78 is 25.0. The molecule has 0 aliphatic carbocycles. The monoisotopic (exact) mass is 270 g/mol. The average molecular weight is 270 g/mol. The minimum atomic E-state index is -3.08. The molecule has 7 heteroatoms. The summed E-state index contributed by atoms with van der Waals surface area (Å²) in [5.41, 5.74) is 1.20. The van der Waals surface area contributed by atoms with Gasteiger partial charge in [-0.05, 0) is 12.8 Å². The minimum absolute atomic E-state index is 0.106. The molecular formula is C11H18N4O2S. The van der Waals surface area contributed by atoms with Crippen LogP contribution in [0.1, 0.15) is 19.3 Å². The largest absolute Gasteiger partial charge is 0.352 e. The molecule has 0 aromatic heterocycles. The van der Waals surface area contributed by atoms with Crippen LogP contribution >= 0.6 is 0 Å². The fraction of sp³-hybridized carbons (Fsp3) is 0.727. The van der Waals surface area contributed by atoms with Crippen LogP contribution in [0.25, 0.3) is 0 Å². The zero-order chi connectivity index (χ0) is 12.8. The van der Waals surface area contributed by atoms with Gasteiger partial charge in [-0.2, -0.15) is 4.31 Å². The van der Waals surface area contributed by atoms with E-state index in [0.717, 1.165) is 38.3 Å². The molecule has 1 fully saturated rings. The molecule has 0 aromatic rings. The van der Waals surface area contributed by atoms with Gasteiger partial charge in [0.25, 0.3) is 0 Å². The lowest BCUT2D eigenvalue weighted by molar-refractivity contribution is 0.272. The third-order valence-electron chi connectivity index (χ3n) is 3.78. The first-order chi connectivity index (χ1) is 8.55. The van der Waals surface area contributed by atoms with Crippen molar-refractivity contribution in [2.24, 2.45) is 4.99 Å². The van der Waals surface area contributed by atoms with Crippen molar-refractivity contribution < 1.29 is 8.42 Å². The van der Waals surface area contributed by atoms with Gasteiger partial charge in [0.2, 0.25) is 10.0 Å². The van der Waals surface area contributed by atoms with Crippen LogP contribution in [0.3, 0.4) is 0 Å². The first-order valence-corrected chi connectivity index (χ1v) is 8.12. The molecule has 3 aliphatic heterocycles. The third kappa shape index (κ3) is 2.01. The van der Waals surface area contributed by atoms with Gasteiger partial charge in [0.05, 0.1) is 18.6 Å². The van der Waals surface area contributed by atoms with E-state index >= 15 is 0 Å². The highest BCUT2D eigenvalue weighted by Crippen LogP contribution is 2.27. The van der Waals surface area contributed by atoms with E-state index in [9.17, 15) is 8.42 Å². The van der Waals surface area contributed by atoms with Crippen molar-refractivity contribution >= 4 is 16.2 Å². The van der Waals surface area contributed by atoms with Crippen molar-refractivity contribution in [1.29, 1.82) is 0 Å².